The minimum atomic E-state index is -1.18. The highest BCUT2D eigenvalue weighted by Gasteiger charge is 2.23. The Morgan fingerprint density at radius 3 is 2.50 bits per heavy atom. The minimum Gasteiger partial charge on any atom is -0.493 e. The predicted molar refractivity (Wildman–Crippen MR) is 98.0 cm³/mol. The average Bonchev–Trinajstić information content (AvgIpc) is 2.67. The molecule has 1 N–H and O–H groups in total. The van der Waals surface area contributed by atoms with Crippen molar-refractivity contribution in [3.63, 3.8) is 0 Å². The van der Waals surface area contributed by atoms with E-state index < -0.39 is 5.97 Å². The monoisotopic (exact) mass is 347 g/mol. The molecule has 0 aliphatic carbocycles. The summed E-state index contributed by atoms with van der Waals surface area (Å²) in [6.45, 7) is 0. The van der Waals surface area contributed by atoms with E-state index in [1.807, 2.05) is 48.5 Å². The van der Waals surface area contributed by atoms with Crippen molar-refractivity contribution in [2.45, 2.75) is 6.42 Å². The highest BCUT2D eigenvalue weighted by Crippen LogP contribution is 2.38. The van der Waals surface area contributed by atoms with Gasteiger partial charge in [-0.3, -0.25) is 0 Å². The van der Waals surface area contributed by atoms with Gasteiger partial charge in [-0.25, -0.2) is 4.79 Å². The summed E-state index contributed by atoms with van der Waals surface area (Å²) in [6, 6.07) is 17.2. The normalized spacial score (nSPS) is 10.3. The van der Waals surface area contributed by atoms with Gasteiger partial charge in [0, 0.05) is 12.0 Å². The lowest BCUT2D eigenvalue weighted by molar-refractivity contribution is 0.0696. The first kappa shape index (κ1) is 17.3. The zero-order valence-electron chi connectivity index (χ0n) is 14.4. The van der Waals surface area contributed by atoms with E-state index in [2.05, 4.69) is 0 Å². The molecule has 26 heavy (non-hydrogen) atoms. The molecule has 0 radical (unpaired) electrons. The van der Waals surface area contributed by atoms with Crippen LogP contribution in [0, 0.1) is 11.3 Å². The third-order valence-electron chi connectivity index (χ3n) is 4.36. The molecule has 0 atom stereocenters. The fourth-order valence-corrected chi connectivity index (χ4v) is 3.17. The molecule has 3 aromatic rings. The highest BCUT2D eigenvalue weighted by molar-refractivity contribution is 5.93. The molecule has 0 fully saturated rings. The molecule has 0 amide bonds. The molecular formula is C21H17NO4. The maximum atomic E-state index is 11.6. The summed E-state index contributed by atoms with van der Waals surface area (Å²) in [7, 11) is 2.92. The number of nitrogens with zero attached hydrogens (tertiary/aromatic N) is 1. The molecule has 5 nitrogen and oxygen atoms in total. The molecule has 0 spiro atoms. The molecule has 0 heterocycles. The summed E-state index contributed by atoms with van der Waals surface area (Å²) in [5.41, 5.74) is 1.47. The number of ether oxygens (including phenoxy) is 2. The van der Waals surface area contributed by atoms with Gasteiger partial charge in [0.15, 0.2) is 11.5 Å². The van der Waals surface area contributed by atoms with E-state index in [0.717, 1.165) is 16.3 Å². The van der Waals surface area contributed by atoms with Crippen molar-refractivity contribution in [3.05, 3.63) is 70.8 Å². The molecule has 130 valence electrons. The molecule has 3 rings (SSSR count). The first-order valence-corrected chi connectivity index (χ1v) is 7.98. The molecule has 0 saturated carbocycles. The standard InChI is InChI=1S/C21H17NO4/c1-25-19-11-17(21(23)24)18(12-22)16(20(19)26-2)10-14-8-5-7-13-6-3-4-9-15(13)14/h3-9,11H,10H2,1-2H3,(H,23,24). The van der Waals surface area contributed by atoms with E-state index in [1.54, 1.807) is 0 Å². The highest BCUT2D eigenvalue weighted by atomic mass is 16.5. The molecule has 0 aliphatic rings. The van der Waals surface area contributed by atoms with Crippen LogP contribution in [-0.2, 0) is 6.42 Å². The topological polar surface area (TPSA) is 79.5 Å². The fourth-order valence-electron chi connectivity index (χ4n) is 3.17. The number of rotatable bonds is 5. The Bertz CT molecular complexity index is 1030. The van der Waals surface area contributed by atoms with E-state index in [4.69, 9.17) is 9.47 Å². The van der Waals surface area contributed by atoms with Gasteiger partial charge in [0.05, 0.1) is 25.3 Å². The Balaban J connectivity index is 2.27. The third kappa shape index (κ3) is 2.93. The van der Waals surface area contributed by atoms with Gasteiger partial charge in [-0.05, 0) is 22.4 Å². The largest absolute Gasteiger partial charge is 0.493 e. The van der Waals surface area contributed by atoms with Gasteiger partial charge in [-0.2, -0.15) is 5.26 Å². The van der Waals surface area contributed by atoms with Gasteiger partial charge in [-0.1, -0.05) is 42.5 Å². The lowest BCUT2D eigenvalue weighted by atomic mass is 9.92. The molecule has 3 aromatic carbocycles. The summed E-state index contributed by atoms with van der Waals surface area (Å²) in [5.74, 6) is -0.511. The van der Waals surface area contributed by atoms with E-state index in [0.29, 0.717) is 23.5 Å². The lowest BCUT2D eigenvalue weighted by Crippen LogP contribution is -2.08. The molecule has 5 heteroatoms. The number of aromatic carboxylic acids is 1. The van der Waals surface area contributed by atoms with Crippen molar-refractivity contribution in [3.8, 4) is 17.6 Å². The summed E-state index contributed by atoms with van der Waals surface area (Å²) in [6.07, 6.45) is 0.352. The SMILES string of the molecule is COc1cc(C(=O)O)c(C#N)c(Cc2cccc3ccccc23)c1OC. The lowest BCUT2D eigenvalue weighted by Gasteiger charge is -2.17. The van der Waals surface area contributed by atoms with Crippen LogP contribution in [0.15, 0.2) is 48.5 Å². The molecule has 0 unspecified atom stereocenters. The summed E-state index contributed by atoms with van der Waals surface area (Å²) >= 11 is 0. The third-order valence-corrected chi connectivity index (χ3v) is 4.36. The Labute approximate surface area is 151 Å². The zero-order valence-corrected chi connectivity index (χ0v) is 14.4. The number of carboxylic acids is 1. The van der Waals surface area contributed by atoms with E-state index in [-0.39, 0.29) is 11.1 Å². The zero-order chi connectivity index (χ0) is 18.7. The van der Waals surface area contributed by atoms with Crippen molar-refractivity contribution in [1.29, 1.82) is 5.26 Å². The predicted octanol–water partition coefficient (Wildman–Crippen LogP) is 4.02. The molecular weight excluding hydrogens is 330 g/mol. The quantitative estimate of drug-likeness (QED) is 0.754. The van der Waals surface area contributed by atoms with Crippen molar-refractivity contribution in [1.82, 2.24) is 0 Å². The number of nitriles is 1. The van der Waals surface area contributed by atoms with Crippen molar-refractivity contribution in [2.75, 3.05) is 14.2 Å². The van der Waals surface area contributed by atoms with Crippen LogP contribution in [0.4, 0.5) is 0 Å². The minimum absolute atomic E-state index is 0.0862. The molecule has 0 saturated heterocycles. The molecule has 0 bridgehead atoms. The Hall–Kier alpha value is -3.52. The van der Waals surface area contributed by atoms with Crippen LogP contribution in [0.5, 0.6) is 11.5 Å². The van der Waals surface area contributed by atoms with E-state index in [9.17, 15) is 15.2 Å². The smallest absolute Gasteiger partial charge is 0.337 e. The number of methoxy groups -OCH3 is 2. The van der Waals surface area contributed by atoms with Crippen molar-refractivity contribution in [2.24, 2.45) is 0 Å². The second kappa shape index (κ2) is 7.16. The van der Waals surface area contributed by atoms with Crippen LogP contribution in [0.3, 0.4) is 0 Å². The maximum Gasteiger partial charge on any atom is 0.337 e. The second-order valence-corrected chi connectivity index (χ2v) is 5.75. The van der Waals surface area contributed by atoms with Crippen LogP contribution < -0.4 is 9.47 Å². The second-order valence-electron chi connectivity index (χ2n) is 5.75. The van der Waals surface area contributed by atoms with E-state index >= 15 is 0 Å². The summed E-state index contributed by atoms with van der Waals surface area (Å²) < 4.78 is 10.8. The van der Waals surface area contributed by atoms with E-state index in [1.165, 1.54) is 20.3 Å². The number of carbonyl (C=O) groups is 1. The van der Waals surface area contributed by atoms with Crippen molar-refractivity contribution < 1.29 is 19.4 Å². The number of benzene rings is 3. The van der Waals surface area contributed by atoms with Crippen LogP contribution in [0.2, 0.25) is 0 Å². The van der Waals surface area contributed by atoms with Gasteiger partial charge in [-0.15, -0.1) is 0 Å². The number of fused-ring (bicyclic) bond motifs is 1. The molecule has 0 aliphatic heterocycles. The Morgan fingerprint density at radius 2 is 1.85 bits per heavy atom. The number of hydrogen-bond acceptors (Lipinski definition) is 4. The first-order chi connectivity index (χ1) is 12.6. The van der Waals surface area contributed by atoms with Crippen LogP contribution in [-0.4, -0.2) is 25.3 Å². The van der Waals surface area contributed by atoms with Gasteiger partial charge in [0.2, 0.25) is 0 Å². The van der Waals surface area contributed by atoms with Crippen LogP contribution in [0.25, 0.3) is 10.8 Å². The van der Waals surface area contributed by atoms with Gasteiger partial charge >= 0.3 is 5.97 Å². The van der Waals surface area contributed by atoms with Crippen molar-refractivity contribution >= 4 is 16.7 Å². The number of carboxylic acid groups (broad SMARTS) is 1. The van der Waals surface area contributed by atoms with Gasteiger partial charge in [0.1, 0.15) is 6.07 Å². The number of hydrogen-bond donors (Lipinski definition) is 1. The average molecular weight is 347 g/mol. The fraction of sp³-hybridized carbons (Fsp3) is 0.143. The van der Waals surface area contributed by atoms with Gasteiger partial charge in [0.25, 0.3) is 0 Å². The van der Waals surface area contributed by atoms with Gasteiger partial charge < -0.3 is 14.6 Å². The first-order valence-electron chi connectivity index (χ1n) is 7.98. The Morgan fingerprint density at radius 1 is 1.12 bits per heavy atom. The molecule has 0 aromatic heterocycles. The van der Waals surface area contributed by atoms with Crippen LogP contribution >= 0.6 is 0 Å². The summed E-state index contributed by atoms with van der Waals surface area (Å²) in [4.78, 5) is 11.6. The Kier molecular flexibility index (Phi) is 4.76. The maximum absolute atomic E-state index is 11.6. The van der Waals surface area contributed by atoms with Crippen LogP contribution in [0.1, 0.15) is 27.0 Å². The summed E-state index contributed by atoms with van der Waals surface area (Å²) in [5, 5.41) is 21.2.